The van der Waals surface area contributed by atoms with Crippen molar-refractivity contribution in [2.45, 2.75) is 56.8 Å². The van der Waals surface area contributed by atoms with Crippen molar-refractivity contribution in [3.63, 3.8) is 0 Å². The third kappa shape index (κ3) is 4.80. The molecule has 2 aliphatic rings. The highest BCUT2D eigenvalue weighted by atomic mass is 19.4. The summed E-state index contributed by atoms with van der Waals surface area (Å²) in [6, 6.07) is 2.05. The van der Waals surface area contributed by atoms with Crippen LogP contribution in [0.4, 0.5) is 13.2 Å². The first kappa shape index (κ1) is 22.6. The summed E-state index contributed by atoms with van der Waals surface area (Å²) in [6.07, 6.45) is -0.197. The highest BCUT2D eigenvalue weighted by molar-refractivity contribution is 6.19. The molecule has 0 atom stereocenters. The van der Waals surface area contributed by atoms with E-state index in [-0.39, 0.29) is 18.7 Å². The summed E-state index contributed by atoms with van der Waals surface area (Å²) >= 11 is 0. The standard InChI is InChI=1S/C20H22F3N3O5/c21-20(22,23)12-4-5-13(24-9-12)11-26-18(31)16(17(30)25-10-15(28)29)14(27)8-19(26)6-2-1-3-7-19/h4-5,9,27H,1-3,6-8,10-11H2,(H,25,30)(H,28,29). The van der Waals surface area contributed by atoms with Gasteiger partial charge in [-0.2, -0.15) is 13.2 Å². The average molecular weight is 441 g/mol. The number of aliphatic hydroxyl groups excluding tert-OH is 1. The quantitative estimate of drug-likeness (QED) is 0.604. The van der Waals surface area contributed by atoms with Gasteiger partial charge in [-0.3, -0.25) is 19.4 Å². The van der Waals surface area contributed by atoms with Gasteiger partial charge >= 0.3 is 12.1 Å². The van der Waals surface area contributed by atoms with Gasteiger partial charge in [0.1, 0.15) is 17.9 Å². The molecule has 3 rings (SSSR count). The maximum absolute atomic E-state index is 13.2. The monoisotopic (exact) mass is 441 g/mol. The molecule has 31 heavy (non-hydrogen) atoms. The maximum atomic E-state index is 13.2. The smallest absolute Gasteiger partial charge is 0.417 e. The number of carbonyl (C=O) groups excluding carboxylic acids is 2. The summed E-state index contributed by atoms with van der Waals surface area (Å²) in [6.45, 7) is -0.867. The summed E-state index contributed by atoms with van der Waals surface area (Å²) in [5.41, 5.74) is -2.04. The number of carbonyl (C=O) groups is 3. The van der Waals surface area contributed by atoms with Crippen LogP contribution in [0, 0.1) is 0 Å². The Morgan fingerprint density at radius 1 is 1.19 bits per heavy atom. The Morgan fingerprint density at radius 3 is 2.42 bits per heavy atom. The van der Waals surface area contributed by atoms with Gasteiger partial charge < -0.3 is 20.4 Å². The normalized spacial score (nSPS) is 18.9. The molecule has 3 N–H and O–H groups in total. The van der Waals surface area contributed by atoms with Crippen LogP contribution in [0.5, 0.6) is 0 Å². The van der Waals surface area contributed by atoms with Crippen LogP contribution < -0.4 is 5.32 Å². The van der Waals surface area contributed by atoms with Crippen molar-refractivity contribution >= 4 is 17.8 Å². The van der Waals surface area contributed by atoms with E-state index < -0.39 is 52.9 Å². The van der Waals surface area contributed by atoms with E-state index in [2.05, 4.69) is 10.3 Å². The minimum absolute atomic E-state index is 0.00913. The number of hydrogen-bond donors (Lipinski definition) is 3. The van der Waals surface area contributed by atoms with E-state index >= 15 is 0 Å². The first-order chi connectivity index (χ1) is 14.5. The van der Waals surface area contributed by atoms with E-state index in [1.165, 1.54) is 11.0 Å². The SMILES string of the molecule is O=C(O)CNC(=O)C1=C(O)CC2(CCCCC2)N(Cc2ccc(C(F)(F)F)cn2)C1=O. The Balaban J connectivity index is 1.92. The van der Waals surface area contributed by atoms with Crippen molar-refractivity contribution < 1.29 is 37.8 Å². The number of aliphatic carboxylic acids is 1. The summed E-state index contributed by atoms with van der Waals surface area (Å²) < 4.78 is 38.4. The van der Waals surface area contributed by atoms with E-state index in [0.717, 1.165) is 25.3 Å². The Kier molecular flexibility index (Phi) is 6.23. The number of aliphatic hydroxyl groups is 1. The van der Waals surface area contributed by atoms with Gasteiger partial charge in [0.25, 0.3) is 11.8 Å². The molecule has 8 nitrogen and oxygen atoms in total. The first-order valence-corrected chi connectivity index (χ1v) is 9.80. The van der Waals surface area contributed by atoms with Gasteiger partial charge in [0.15, 0.2) is 0 Å². The Morgan fingerprint density at radius 2 is 1.87 bits per heavy atom. The lowest BCUT2D eigenvalue weighted by molar-refractivity contribution is -0.143. The summed E-state index contributed by atoms with van der Waals surface area (Å²) in [7, 11) is 0. The van der Waals surface area contributed by atoms with E-state index in [9.17, 15) is 32.7 Å². The molecule has 2 heterocycles. The van der Waals surface area contributed by atoms with Crippen molar-refractivity contribution in [2.24, 2.45) is 0 Å². The van der Waals surface area contributed by atoms with Crippen LogP contribution in [0.25, 0.3) is 0 Å². The van der Waals surface area contributed by atoms with Gasteiger partial charge in [-0.1, -0.05) is 19.3 Å². The van der Waals surface area contributed by atoms with Crippen molar-refractivity contribution in [2.75, 3.05) is 6.54 Å². The van der Waals surface area contributed by atoms with E-state index in [1.54, 1.807) is 0 Å². The van der Waals surface area contributed by atoms with Crippen LogP contribution in [0.3, 0.4) is 0 Å². The van der Waals surface area contributed by atoms with Crippen molar-refractivity contribution in [3.05, 3.63) is 40.9 Å². The van der Waals surface area contributed by atoms with E-state index in [0.29, 0.717) is 19.0 Å². The van der Waals surface area contributed by atoms with Gasteiger partial charge in [-0.05, 0) is 25.0 Å². The van der Waals surface area contributed by atoms with E-state index in [4.69, 9.17) is 5.11 Å². The average Bonchev–Trinajstić information content (AvgIpc) is 2.70. The van der Waals surface area contributed by atoms with Gasteiger partial charge in [0, 0.05) is 12.6 Å². The molecular weight excluding hydrogens is 419 g/mol. The molecular formula is C20H22F3N3O5. The summed E-state index contributed by atoms with van der Waals surface area (Å²) in [5, 5.41) is 21.3. The lowest BCUT2D eigenvalue weighted by Gasteiger charge is -2.49. The minimum Gasteiger partial charge on any atom is -0.511 e. The third-order valence-corrected chi connectivity index (χ3v) is 5.70. The Labute approximate surface area is 175 Å². The minimum atomic E-state index is -4.54. The van der Waals surface area contributed by atoms with Crippen LogP contribution in [-0.2, 0) is 27.1 Å². The van der Waals surface area contributed by atoms with Gasteiger partial charge in [-0.25, -0.2) is 0 Å². The van der Waals surface area contributed by atoms with Crippen LogP contribution >= 0.6 is 0 Å². The number of alkyl halides is 3. The topological polar surface area (TPSA) is 120 Å². The number of carboxylic acid groups (broad SMARTS) is 1. The zero-order valence-electron chi connectivity index (χ0n) is 16.5. The molecule has 1 aliphatic heterocycles. The molecule has 0 bridgehead atoms. The Bertz CT molecular complexity index is 906. The number of pyridine rings is 1. The third-order valence-electron chi connectivity index (χ3n) is 5.70. The fourth-order valence-electron chi connectivity index (χ4n) is 4.19. The van der Waals surface area contributed by atoms with Crippen LogP contribution in [0.2, 0.25) is 0 Å². The van der Waals surface area contributed by atoms with Gasteiger partial charge in [0.2, 0.25) is 0 Å². The predicted molar refractivity (Wildman–Crippen MR) is 101 cm³/mol. The van der Waals surface area contributed by atoms with Crippen LogP contribution in [0.1, 0.15) is 49.8 Å². The highest BCUT2D eigenvalue weighted by Gasteiger charge is 2.48. The molecule has 1 aromatic heterocycles. The molecule has 1 spiro atoms. The number of nitrogens with zero attached hydrogens (tertiary/aromatic N) is 2. The second-order valence-electron chi connectivity index (χ2n) is 7.79. The fraction of sp³-hybridized carbons (Fsp3) is 0.500. The van der Waals surface area contributed by atoms with Gasteiger partial charge in [0.05, 0.1) is 23.3 Å². The molecule has 0 saturated heterocycles. The predicted octanol–water partition coefficient (Wildman–Crippen LogP) is 2.55. The molecule has 1 aliphatic carbocycles. The number of aromatic nitrogens is 1. The van der Waals surface area contributed by atoms with Crippen LogP contribution in [0.15, 0.2) is 29.7 Å². The number of nitrogens with one attached hydrogen (secondary N) is 1. The molecule has 0 unspecified atom stereocenters. The molecule has 11 heteroatoms. The maximum Gasteiger partial charge on any atom is 0.417 e. The Hall–Kier alpha value is -3.11. The molecule has 168 valence electrons. The second-order valence-corrected chi connectivity index (χ2v) is 7.79. The van der Waals surface area contributed by atoms with Crippen LogP contribution in [-0.4, -0.2) is 50.0 Å². The number of amides is 2. The number of carboxylic acids is 1. The number of rotatable bonds is 5. The van der Waals surface area contributed by atoms with Crippen molar-refractivity contribution in [1.29, 1.82) is 0 Å². The number of halogens is 3. The first-order valence-electron chi connectivity index (χ1n) is 9.80. The summed E-state index contributed by atoms with van der Waals surface area (Å²) in [5.74, 6) is -3.53. The fourth-order valence-corrected chi connectivity index (χ4v) is 4.19. The van der Waals surface area contributed by atoms with Crippen molar-refractivity contribution in [1.82, 2.24) is 15.2 Å². The second kappa shape index (κ2) is 8.56. The number of hydrogen-bond acceptors (Lipinski definition) is 5. The highest BCUT2D eigenvalue weighted by Crippen LogP contribution is 2.43. The molecule has 2 amide bonds. The molecule has 1 fully saturated rings. The zero-order chi connectivity index (χ0) is 22.8. The molecule has 0 aromatic carbocycles. The van der Waals surface area contributed by atoms with Crippen molar-refractivity contribution in [3.8, 4) is 0 Å². The lowest BCUT2D eigenvalue weighted by Crippen LogP contribution is -2.57. The zero-order valence-corrected chi connectivity index (χ0v) is 16.5. The lowest BCUT2D eigenvalue weighted by atomic mass is 9.74. The van der Waals surface area contributed by atoms with E-state index in [1.807, 2.05) is 0 Å². The molecule has 1 aromatic rings. The molecule has 1 saturated carbocycles. The molecule has 0 radical (unpaired) electrons. The summed E-state index contributed by atoms with van der Waals surface area (Å²) in [4.78, 5) is 41.5. The largest absolute Gasteiger partial charge is 0.511 e. The van der Waals surface area contributed by atoms with Gasteiger partial charge in [-0.15, -0.1) is 0 Å².